The summed E-state index contributed by atoms with van der Waals surface area (Å²) in [6, 6.07) is 17.8. The Hall–Kier alpha value is -3.52. The molecule has 0 aliphatic rings. The minimum absolute atomic E-state index is 0.102. The number of fused-ring (bicyclic) bond motifs is 1. The largest absolute Gasteiger partial charge is 0.323 e. The van der Waals surface area contributed by atoms with E-state index < -0.39 is 17.5 Å². The number of halogens is 2. The molecule has 0 aliphatic carbocycles. The molecular weight excluding hydrogens is 432 g/mol. The highest BCUT2D eigenvalue weighted by atomic mass is 32.2. The fourth-order valence-corrected chi connectivity index (χ4v) is 3.98. The Labute approximate surface area is 187 Å². The third-order valence-corrected chi connectivity index (χ3v) is 5.80. The lowest BCUT2D eigenvalue weighted by molar-refractivity contribution is -0.113. The van der Waals surface area contributed by atoms with Crippen LogP contribution < -0.4 is 10.9 Å². The predicted octanol–water partition coefficient (Wildman–Crippen LogP) is 4.76. The van der Waals surface area contributed by atoms with Crippen LogP contribution in [0.3, 0.4) is 0 Å². The van der Waals surface area contributed by atoms with E-state index in [0.29, 0.717) is 28.7 Å². The van der Waals surface area contributed by atoms with Gasteiger partial charge in [0.05, 0.1) is 28.9 Å². The first kappa shape index (κ1) is 21.7. The molecule has 4 aromatic rings. The second-order valence-electron chi connectivity index (χ2n) is 7.25. The molecular formula is C24H19F2N3O2S. The van der Waals surface area contributed by atoms with Gasteiger partial charge in [0.15, 0.2) is 5.16 Å². The molecule has 8 heteroatoms. The number of thioether (sulfide) groups is 1. The lowest BCUT2D eigenvalue weighted by Crippen LogP contribution is -2.25. The molecule has 0 fully saturated rings. The number of rotatable bonds is 6. The summed E-state index contributed by atoms with van der Waals surface area (Å²) in [4.78, 5) is 30.1. The SMILES string of the molecule is Cc1ccc(Cn2c(SCC(=O)Nc3ccc(F)cc3F)nc3ccccc3c2=O)cc1. The second kappa shape index (κ2) is 9.32. The highest BCUT2D eigenvalue weighted by molar-refractivity contribution is 7.99. The van der Waals surface area contributed by atoms with E-state index in [-0.39, 0.29) is 17.0 Å². The Bertz CT molecular complexity index is 1350. The highest BCUT2D eigenvalue weighted by Gasteiger charge is 2.15. The van der Waals surface area contributed by atoms with Crippen LogP contribution in [-0.4, -0.2) is 21.2 Å². The molecule has 0 saturated heterocycles. The summed E-state index contributed by atoms with van der Waals surface area (Å²) < 4.78 is 28.4. The molecule has 162 valence electrons. The number of aromatic nitrogens is 2. The van der Waals surface area contributed by atoms with Crippen molar-refractivity contribution in [1.82, 2.24) is 9.55 Å². The molecule has 1 N–H and O–H groups in total. The first-order valence-electron chi connectivity index (χ1n) is 9.83. The molecule has 0 unspecified atom stereocenters. The summed E-state index contributed by atoms with van der Waals surface area (Å²) in [5, 5.41) is 3.28. The molecule has 0 atom stereocenters. The van der Waals surface area contributed by atoms with Crippen molar-refractivity contribution in [3.05, 3.63) is 99.8 Å². The van der Waals surface area contributed by atoms with Crippen LogP contribution in [0.1, 0.15) is 11.1 Å². The van der Waals surface area contributed by atoms with Crippen molar-refractivity contribution >= 4 is 34.3 Å². The van der Waals surface area contributed by atoms with Crippen LogP contribution in [0.4, 0.5) is 14.5 Å². The van der Waals surface area contributed by atoms with Crippen LogP contribution in [0.15, 0.2) is 76.7 Å². The van der Waals surface area contributed by atoms with Crippen LogP contribution in [0, 0.1) is 18.6 Å². The maximum atomic E-state index is 13.8. The minimum atomic E-state index is -0.858. The fourth-order valence-electron chi connectivity index (χ4n) is 3.18. The summed E-state index contributed by atoms with van der Waals surface area (Å²) >= 11 is 1.08. The van der Waals surface area contributed by atoms with Crippen LogP contribution in [0.5, 0.6) is 0 Å². The first-order chi connectivity index (χ1) is 15.4. The van der Waals surface area contributed by atoms with Gasteiger partial charge in [0.25, 0.3) is 5.56 Å². The summed E-state index contributed by atoms with van der Waals surface area (Å²) in [7, 11) is 0. The standard InChI is InChI=1S/C24H19F2N3O2S/c1-15-6-8-16(9-7-15)13-29-23(31)18-4-2-3-5-20(18)28-24(29)32-14-22(30)27-21-11-10-17(25)12-19(21)26/h2-12H,13-14H2,1H3,(H,27,30). The van der Waals surface area contributed by atoms with Crippen molar-refractivity contribution in [2.75, 3.05) is 11.1 Å². The first-order valence-corrected chi connectivity index (χ1v) is 10.8. The Morgan fingerprint density at radius 2 is 1.81 bits per heavy atom. The Kier molecular flexibility index (Phi) is 6.32. The third-order valence-electron chi connectivity index (χ3n) is 4.83. The zero-order valence-corrected chi connectivity index (χ0v) is 18.0. The monoisotopic (exact) mass is 451 g/mol. The van der Waals surface area contributed by atoms with Gasteiger partial charge in [-0.15, -0.1) is 0 Å². The van der Waals surface area contributed by atoms with Crippen molar-refractivity contribution in [3.8, 4) is 0 Å². The molecule has 4 rings (SSSR count). The number of nitrogens with zero attached hydrogens (tertiary/aromatic N) is 2. The van der Waals surface area contributed by atoms with Crippen LogP contribution in [0.25, 0.3) is 10.9 Å². The number of carbonyl (C=O) groups excluding carboxylic acids is 1. The Morgan fingerprint density at radius 3 is 2.56 bits per heavy atom. The number of carbonyl (C=O) groups is 1. The second-order valence-corrected chi connectivity index (χ2v) is 8.19. The molecule has 3 aromatic carbocycles. The summed E-state index contributed by atoms with van der Waals surface area (Å²) in [6.45, 7) is 2.28. The van der Waals surface area contributed by atoms with E-state index in [1.807, 2.05) is 31.2 Å². The van der Waals surface area contributed by atoms with Gasteiger partial charge in [-0.1, -0.05) is 53.7 Å². The lowest BCUT2D eigenvalue weighted by atomic mass is 10.1. The quantitative estimate of drug-likeness (QED) is 0.339. The number of amides is 1. The van der Waals surface area contributed by atoms with Crippen LogP contribution >= 0.6 is 11.8 Å². The van der Waals surface area contributed by atoms with E-state index in [1.54, 1.807) is 24.3 Å². The minimum Gasteiger partial charge on any atom is -0.323 e. The molecule has 0 aliphatic heterocycles. The van der Waals surface area contributed by atoms with E-state index >= 15 is 0 Å². The van der Waals surface area contributed by atoms with Gasteiger partial charge in [-0.2, -0.15) is 0 Å². The van der Waals surface area contributed by atoms with E-state index in [2.05, 4.69) is 10.3 Å². The molecule has 0 bridgehead atoms. The van der Waals surface area contributed by atoms with E-state index in [0.717, 1.165) is 35.0 Å². The van der Waals surface area contributed by atoms with Crippen molar-refractivity contribution in [3.63, 3.8) is 0 Å². The summed E-state index contributed by atoms with van der Waals surface area (Å²) in [5.41, 5.74) is 2.25. The van der Waals surface area contributed by atoms with E-state index in [4.69, 9.17) is 0 Å². The van der Waals surface area contributed by atoms with Gasteiger partial charge in [-0.05, 0) is 36.8 Å². The maximum Gasteiger partial charge on any atom is 0.262 e. The number of aryl methyl sites for hydroxylation is 1. The average molecular weight is 451 g/mol. The summed E-state index contributed by atoms with van der Waals surface area (Å²) in [6.07, 6.45) is 0. The van der Waals surface area contributed by atoms with Crippen molar-refractivity contribution < 1.29 is 13.6 Å². The molecule has 32 heavy (non-hydrogen) atoms. The number of anilines is 1. The molecule has 1 amide bonds. The van der Waals surface area contributed by atoms with E-state index in [1.165, 1.54) is 4.57 Å². The van der Waals surface area contributed by atoms with Crippen LogP contribution in [-0.2, 0) is 11.3 Å². The van der Waals surface area contributed by atoms with Gasteiger partial charge in [-0.3, -0.25) is 14.2 Å². The van der Waals surface area contributed by atoms with E-state index in [9.17, 15) is 18.4 Å². The van der Waals surface area contributed by atoms with Gasteiger partial charge in [-0.25, -0.2) is 13.8 Å². The van der Waals surface area contributed by atoms with Crippen molar-refractivity contribution in [1.29, 1.82) is 0 Å². The third kappa shape index (κ3) is 4.86. The Morgan fingerprint density at radius 1 is 1.06 bits per heavy atom. The lowest BCUT2D eigenvalue weighted by Gasteiger charge is -2.13. The molecule has 0 saturated carbocycles. The molecule has 0 radical (unpaired) electrons. The fraction of sp³-hybridized carbons (Fsp3) is 0.125. The maximum absolute atomic E-state index is 13.8. The van der Waals surface area contributed by atoms with Gasteiger partial charge in [0, 0.05) is 6.07 Å². The average Bonchev–Trinajstić information content (AvgIpc) is 2.78. The molecule has 0 spiro atoms. The van der Waals surface area contributed by atoms with Gasteiger partial charge in [0.1, 0.15) is 11.6 Å². The van der Waals surface area contributed by atoms with Crippen molar-refractivity contribution in [2.45, 2.75) is 18.6 Å². The zero-order chi connectivity index (χ0) is 22.7. The number of para-hydroxylation sites is 1. The molecule has 1 heterocycles. The summed E-state index contributed by atoms with van der Waals surface area (Å²) in [5.74, 6) is -2.18. The van der Waals surface area contributed by atoms with Gasteiger partial charge >= 0.3 is 0 Å². The number of hydrogen-bond acceptors (Lipinski definition) is 4. The molecule has 1 aromatic heterocycles. The molecule has 5 nitrogen and oxygen atoms in total. The normalized spacial score (nSPS) is 11.0. The van der Waals surface area contributed by atoms with Gasteiger partial charge < -0.3 is 5.32 Å². The number of benzene rings is 3. The highest BCUT2D eigenvalue weighted by Crippen LogP contribution is 2.21. The zero-order valence-electron chi connectivity index (χ0n) is 17.1. The smallest absolute Gasteiger partial charge is 0.262 e. The Balaban J connectivity index is 1.61. The number of hydrogen-bond donors (Lipinski definition) is 1. The topological polar surface area (TPSA) is 64.0 Å². The predicted molar refractivity (Wildman–Crippen MR) is 122 cm³/mol. The van der Waals surface area contributed by atoms with Crippen LogP contribution in [0.2, 0.25) is 0 Å². The van der Waals surface area contributed by atoms with Crippen molar-refractivity contribution in [2.24, 2.45) is 0 Å². The number of nitrogens with one attached hydrogen (secondary N) is 1. The van der Waals surface area contributed by atoms with Gasteiger partial charge in [0.2, 0.25) is 5.91 Å².